The minimum absolute atomic E-state index is 0.0676. The highest BCUT2D eigenvalue weighted by atomic mass is 32.2. The molecule has 47 heavy (non-hydrogen) atoms. The summed E-state index contributed by atoms with van der Waals surface area (Å²) in [5.41, 5.74) is 3.56. The molecule has 0 saturated carbocycles. The standard InChI is InChI=1S/C31H47N3O6S.2C3H8/c1-5-7-14-31(15-8-6-2)19-41-25-13-12-22(34(3)4)17-23(25)26(33-31)20-10-9-11-21(16-20)32-30(40)29(39)28(38)27(37)24(36)18-35;2*1-3-2/h9-13,16-17,24,26-29,33,35-39H,5-8,14-15,18-19H2,1-4H3,(H,32,40);2*3H2,1-2H3/t24?,26?,27-,28+,29-;;/m1../s1. The van der Waals surface area contributed by atoms with Crippen LogP contribution < -0.4 is 15.5 Å². The smallest absolute Gasteiger partial charge is 0.256 e. The van der Waals surface area contributed by atoms with Crippen molar-refractivity contribution in [1.29, 1.82) is 0 Å². The first kappa shape index (κ1) is 42.8. The largest absolute Gasteiger partial charge is 0.394 e. The van der Waals surface area contributed by atoms with Crippen LogP contribution in [-0.4, -0.2) is 87.8 Å². The van der Waals surface area contributed by atoms with E-state index in [9.17, 15) is 25.2 Å². The molecule has 0 bridgehead atoms. The molecule has 1 aliphatic rings. The average Bonchev–Trinajstić information content (AvgIpc) is 3.23. The summed E-state index contributed by atoms with van der Waals surface area (Å²) < 4.78 is 0. The van der Waals surface area contributed by atoms with E-state index in [1.807, 2.05) is 44.1 Å². The van der Waals surface area contributed by atoms with Gasteiger partial charge in [-0.3, -0.25) is 10.1 Å². The first-order valence-electron chi connectivity index (χ1n) is 17.3. The number of fused-ring (bicyclic) bond motifs is 1. The Bertz CT molecular complexity index is 1160. The Morgan fingerprint density at radius 3 is 2.06 bits per heavy atom. The molecule has 1 amide bonds. The Labute approximate surface area is 288 Å². The number of rotatable bonds is 14. The highest BCUT2D eigenvalue weighted by molar-refractivity contribution is 7.99. The van der Waals surface area contributed by atoms with Gasteiger partial charge in [0.25, 0.3) is 5.91 Å². The molecule has 0 saturated heterocycles. The summed E-state index contributed by atoms with van der Waals surface area (Å²) in [6.45, 7) is 12.1. The zero-order chi connectivity index (χ0) is 35.6. The maximum Gasteiger partial charge on any atom is 0.256 e. The Morgan fingerprint density at radius 2 is 1.53 bits per heavy atom. The number of thioether (sulfide) groups is 1. The fourth-order valence-corrected chi connectivity index (χ4v) is 6.52. The number of anilines is 2. The van der Waals surface area contributed by atoms with Gasteiger partial charge in [-0.25, -0.2) is 0 Å². The quantitative estimate of drug-likeness (QED) is 0.131. The second-order valence-corrected chi connectivity index (χ2v) is 13.7. The second-order valence-electron chi connectivity index (χ2n) is 12.7. The van der Waals surface area contributed by atoms with Gasteiger partial charge in [0.15, 0.2) is 6.10 Å². The molecule has 5 atom stereocenters. The zero-order valence-electron chi connectivity index (χ0n) is 30.0. The predicted molar refractivity (Wildman–Crippen MR) is 196 cm³/mol. The van der Waals surface area contributed by atoms with Crippen molar-refractivity contribution in [2.45, 2.75) is 134 Å². The summed E-state index contributed by atoms with van der Waals surface area (Å²) in [4.78, 5) is 16.1. The lowest BCUT2D eigenvalue weighted by molar-refractivity contribution is -0.144. The maximum atomic E-state index is 12.8. The molecule has 1 heterocycles. The topological polar surface area (TPSA) is 146 Å². The second kappa shape index (κ2) is 22.5. The molecule has 268 valence electrons. The lowest BCUT2D eigenvalue weighted by atomic mass is 9.86. The van der Waals surface area contributed by atoms with E-state index in [0.717, 1.165) is 61.1 Å². The summed E-state index contributed by atoms with van der Waals surface area (Å²) in [6.07, 6.45) is 1.52. The molecule has 9 nitrogen and oxygen atoms in total. The predicted octanol–water partition coefficient (Wildman–Crippen LogP) is 5.86. The van der Waals surface area contributed by atoms with Crippen molar-refractivity contribution in [1.82, 2.24) is 5.32 Å². The SMILES string of the molecule is CCC.CCC.CCCCC1(CCCC)CSc2ccc(N(C)C)cc2C(c2cccc(NC(=O)[C@H](O)[C@@H](O)[C@H](O)C(O)CO)c2)N1. The molecule has 0 radical (unpaired) electrons. The van der Waals surface area contributed by atoms with Crippen LogP contribution in [0.1, 0.15) is 110 Å². The normalized spacial score (nSPS) is 17.7. The van der Waals surface area contributed by atoms with Crippen LogP contribution >= 0.6 is 11.8 Å². The highest BCUT2D eigenvalue weighted by Gasteiger charge is 2.37. The molecule has 0 aliphatic carbocycles. The number of benzene rings is 2. The van der Waals surface area contributed by atoms with Gasteiger partial charge in [0.2, 0.25) is 0 Å². The summed E-state index contributed by atoms with van der Waals surface area (Å²) >= 11 is 1.89. The lowest BCUT2D eigenvalue weighted by Crippen LogP contribution is -2.50. The fourth-order valence-electron chi connectivity index (χ4n) is 5.21. The van der Waals surface area contributed by atoms with Crippen LogP contribution in [0.3, 0.4) is 0 Å². The van der Waals surface area contributed by atoms with E-state index in [1.165, 1.54) is 17.7 Å². The zero-order valence-corrected chi connectivity index (χ0v) is 30.8. The molecule has 0 fully saturated rings. The third-order valence-corrected chi connectivity index (χ3v) is 9.18. The number of carbonyl (C=O) groups excluding carboxylic acids is 1. The summed E-state index contributed by atoms with van der Waals surface area (Å²) in [5, 5.41) is 55.7. The summed E-state index contributed by atoms with van der Waals surface area (Å²) in [5.74, 6) is 0.0270. The van der Waals surface area contributed by atoms with Gasteiger partial charge in [-0.2, -0.15) is 0 Å². The monoisotopic (exact) mass is 677 g/mol. The summed E-state index contributed by atoms with van der Waals surface area (Å²) in [7, 11) is 4.04. The average molecular weight is 678 g/mol. The van der Waals surface area contributed by atoms with Gasteiger partial charge in [-0.05, 0) is 54.3 Å². The van der Waals surface area contributed by atoms with Crippen molar-refractivity contribution >= 4 is 29.0 Å². The van der Waals surface area contributed by atoms with Crippen molar-refractivity contribution in [3.63, 3.8) is 0 Å². The van der Waals surface area contributed by atoms with E-state index in [1.54, 1.807) is 6.07 Å². The number of hydrogen-bond acceptors (Lipinski definition) is 9. The number of hydrogen-bond donors (Lipinski definition) is 7. The van der Waals surface area contributed by atoms with Crippen LogP contribution in [-0.2, 0) is 4.79 Å². The van der Waals surface area contributed by atoms with Gasteiger partial charge in [-0.1, -0.05) is 92.2 Å². The van der Waals surface area contributed by atoms with Gasteiger partial charge in [0.05, 0.1) is 12.6 Å². The molecule has 2 aromatic rings. The molecule has 1 aliphatic heterocycles. The molecular weight excluding hydrogens is 614 g/mol. The molecule has 3 rings (SSSR count). The van der Waals surface area contributed by atoms with E-state index < -0.39 is 36.9 Å². The third-order valence-electron chi connectivity index (χ3n) is 7.80. The minimum atomic E-state index is -2.01. The van der Waals surface area contributed by atoms with Crippen molar-refractivity contribution in [2.75, 3.05) is 36.7 Å². The first-order valence-corrected chi connectivity index (χ1v) is 18.3. The third kappa shape index (κ3) is 13.3. The van der Waals surface area contributed by atoms with Crippen LogP contribution in [0.2, 0.25) is 0 Å². The maximum absolute atomic E-state index is 12.8. The summed E-state index contributed by atoms with van der Waals surface area (Å²) in [6, 6.07) is 13.8. The van der Waals surface area contributed by atoms with Crippen LogP contribution in [0.15, 0.2) is 47.4 Å². The number of carbonyl (C=O) groups is 1. The van der Waals surface area contributed by atoms with E-state index in [0.29, 0.717) is 5.69 Å². The molecule has 0 spiro atoms. The number of unbranched alkanes of at least 4 members (excludes halogenated alkanes) is 2. The number of nitrogens with one attached hydrogen (secondary N) is 2. The Kier molecular flexibility index (Phi) is 20.5. The van der Waals surface area contributed by atoms with Gasteiger partial charge in [-0.15, -0.1) is 11.8 Å². The lowest BCUT2D eigenvalue weighted by Gasteiger charge is -2.37. The van der Waals surface area contributed by atoms with E-state index in [-0.39, 0.29) is 11.6 Å². The molecule has 2 aromatic carbocycles. The van der Waals surface area contributed by atoms with E-state index in [4.69, 9.17) is 5.11 Å². The van der Waals surface area contributed by atoms with Gasteiger partial charge >= 0.3 is 0 Å². The number of amides is 1. The van der Waals surface area contributed by atoms with Crippen molar-refractivity contribution in [2.24, 2.45) is 0 Å². The number of nitrogens with zero attached hydrogens (tertiary/aromatic N) is 1. The van der Waals surface area contributed by atoms with Gasteiger partial charge < -0.3 is 35.7 Å². The highest BCUT2D eigenvalue weighted by Crippen LogP contribution is 2.43. The number of aliphatic hydroxyl groups excluding tert-OH is 5. The Morgan fingerprint density at radius 1 is 0.936 bits per heavy atom. The van der Waals surface area contributed by atoms with Crippen LogP contribution in [0, 0.1) is 0 Å². The molecule has 7 N–H and O–H groups in total. The van der Waals surface area contributed by atoms with Gasteiger partial charge in [0, 0.05) is 41.7 Å². The van der Waals surface area contributed by atoms with Crippen molar-refractivity contribution in [3.8, 4) is 0 Å². The first-order chi connectivity index (χ1) is 22.4. The van der Waals surface area contributed by atoms with Crippen molar-refractivity contribution in [3.05, 3.63) is 53.6 Å². The van der Waals surface area contributed by atoms with Crippen LogP contribution in [0.5, 0.6) is 0 Å². The molecular formula is C37H63N3O6S. The van der Waals surface area contributed by atoms with Crippen molar-refractivity contribution < 1.29 is 30.3 Å². The fraction of sp³-hybridized carbons (Fsp3) is 0.649. The van der Waals surface area contributed by atoms with E-state index >= 15 is 0 Å². The van der Waals surface area contributed by atoms with Crippen LogP contribution in [0.4, 0.5) is 11.4 Å². The molecule has 2 unspecified atom stereocenters. The van der Waals surface area contributed by atoms with Crippen LogP contribution in [0.25, 0.3) is 0 Å². The minimum Gasteiger partial charge on any atom is -0.394 e. The Balaban J connectivity index is 0.00000171. The van der Waals surface area contributed by atoms with Gasteiger partial charge in [0.1, 0.15) is 18.3 Å². The Hall–Kier alpha value is -2.18. The molecule has 0 aromatic heterocycles. The molecule has 10 heteroatoms. The number of aliphatic hydroxyl groups is 5. The van der Waals surface area contributed by atoms with E-state index in [2.05, 4.69) is 75.3 Å².